The average Bonchev–Trinajstić information content (AvgIpc) is 2.59. The molecular formula is C12H23NO. The van der Waals surface area contributed by atoms with Crippen molar-refractivity contribution >= 4 is 0 Å². The summed E-state index contributed by atoms with van der Waals surface area (Å²) in [6, 6.07) is 0.413. The fraction of sp³-hybridized carbons (Fsp3) is 1.00. The maximum atomic E-state index is 6.34. The van der Waals surface area contributed by atoms with Crippen molar-refractivity contribution in [3.8, 4) is 0 Å². The third kappa shape index (κ3) is 2.48. The van der Waals surface area contributed by atoms with E-state index in [1.54, 1.807) is 0 Å². The molecular weight excluding hydrogens is 174 g/mol. The first-order valence-electron chi connectivity index (χ1n) is 6.21. The van der Waals surface area contributed by atoms with E-state index in [9.17, 15) is 0 Å². The minimum absolute atomic E-state index is 0.413. The zero-order chi connectivity index (χ0) is 9.80. The first kappa shape index (κ1) is 10.4. The Morgan fingerprint density at radius 1 is 0.929 bits per heavy atom. The molecule has 0 aromatic heterocycles. The SMILES string of the molecule is NC(C1CCCCCC1)C1CCOC1. The molecule has 1 saturated carbocycles. The molecule has 1 heterocycles. The summed E-state index contributed by atoms with van der Waals surface area (Å²) >= 11 is 0. The Balaban J connectivity index is 1.84. The third-order valence-corrected chi connectivity index (χ3v) is 3.95. The first-order valence-corrected chi connectivity index (χ1v) is 6.21. The van der Waals surface area contributed by atoms with Gasteiger partial charge in [0.15, 0.2) is 0 Å². The van der Waals surface area contributed by atoms with E-state index in [-0.39, 0.29) is 0 Å². The first-order chi connectivity index (χ1) is 6.88. The van der Waals surface area contributed by atoms with Crippen molar-refractivity contribution in [2.75, 3.05) is 13.2 Å². The van der Waals surface area contributed by atoms with Gasteiger partial charge in [0.05, 0.1) is 6.61 Å². The molecule has 0 aromatic carbocycles. The van der Waals surface area contributed by atoms with Crippen LogP contribution in [0.1, 0.15) is 44.9 Å². The standard InChI is InChI=1S/C12H23NO/c13-12(11-7-8-14-9-11)10-5-3-1-2-4-6-10/h10-12H,1-9,13H2. The van der Waals surface area contributed by atoms with Crippen molar-refractivity contribution in [3.05, 3.63) is 0 Å². The molecule has 1 aliphatic heterocycles. The van der Waals surface area contributed by atoms with Gasteiger partial charge in [-0.3, -0.25) is 0 Å². The van der Waals surface area contributed by atoms with E-state index in [1.165, 1.54) is 44.9 Å². The van der Waals surface area contributed by atoms with E-state index in [1.807, 2.05) is 0 Å². The minimum Gasteiger partial charge on any atom is -0.381 e. The van der Waals surface area contributed by atoms with E-state index in [0.29, 0.717) is 12.0 Å². The highest BCUT2D eigenvalue weighted by molar-refractivity contribution is 4.83. The summed E-state index contributed by atoms with van der Waals surface area (Å²) in [7, 11) is 0. The van der Waals surface area contributed by atoms with Crippen molar-refractivity contribution in [1.82, 2.24) is 0 Å². The lowest BCUT2D eigenvalue weighted by Gasteiger charge is -2.26. The van der Waals surface area contributed by atoms with Crippen molar-refractivity contribution in [2.24, 2.45) is 17.6 Å². The predicted octanol–water partition coefficient (Wildman–Crippen LogP) is 2.32. The van der Waals surface area contributed by atoms with E-state index >= 15 is 0 Å². The number of hydrogen-bond donors (Lipinski definition) is 1. The van der Waals surface area contributed by atoms with Gasteiger partial charge in [0, 0.05) is 12.6 Å². The quantitative estimate of drug-likeness (QED) is 0.689. The molecule has 0 aromatic rings. The summed E-state index contributed by atoms with van der Waals surface area (Å²) < 4.78 is 5.42. The van der Waals surface area contributed by atoms with Crippen molar-refractivity contribution in [1.29, 1.82) is 0 Å². The maximum absolute atomic E-state index is 6.34. The van der Waals surface area contributed by atoms with Gasteiger partial charge in [0.2, 0.25) is 0 Å². The highest BCUT2D eigenvalue weighted by Gasteiger charge is 2.29. The number of hydrogen-bond acceptors (Lipinski definition) is 2. The Hall–Kier alpha value is -0.0800. The van der Waals surface area contributed by atoms with Crippen LogP contribution >= 0.6 is 0 Å². The number of ether oxygens (including phenoxy) is 1. The normalized spacial score (nSPS) is 32.8. The zero-order valence-corrected chi connectivity index (χ0v) is 9.08. The van der Waals surface area contributed by atoms with Crippen LogP contribution in [-0.4, -0.2) is 19.3 Å². The van der Waals surface area contributed by atoms with Crippen molar-refractivity contribution in [3.63, 3.8) is 0 Å². The molecule has 2 rings (SSSR count). The van der Waals surface area contributed by atoms with Crippen LogP contribution in [0.3, 0.4) is 0 Å². The molecule has 0 bridgehead atoms. The largest absolute Gasteiger partial charge is 0.381 e. The molecule has 1 aliphatic carbocycles. The molecule has 82 valence electrons. The third-order valence-electron chi connectivity index (χ3n) is 3.95. The summed E-state index contributed by atoms with van der Waals surface area (Å²) in [6.07, 6.45) is 9.54. The second kappa shape index (κ2) is 5.13. The number of rotatable bonds is 2. The number of nitrogens with two attached hydrogens (primary N) is 1. The lowest BCUT2D eigenvalue weighted by Crippen LogP contribution is -2.37. The predicted molar refractivity (Wildman–Crippen MR) is 58.1 cm³/mol. The lowest BCUT2D eigenvalue weighted by molar-refractivity contribution is 0.170. The Kier molecular flexibility index (Phi) is 3.82. The summed E-state index contributed by atoms with van der Waals surface area (Å²) in [5.74, 6) is 1.43. The minimum atomic E-state index is 0.413. The van der Waals surface area contributed by atoms with Crippen LogP contribution in [-0.2, 0) is 4.74 Å². The lowest BCUT2D eigenvalue weighted by atomic mass is 9.84. The smallest absolute Gasteiger partial charge is 0.0510 e. The van der Waals surface area contributed by atoms with Gasteiger partial charge in [-0.2, -0.15) is 0 Å². The summed E-state index contributed by atoms with van der Waals surface area (Å²) in [6.45, 7) is 1.85. The molecule has 14 heavy (non-hydrogen) atoms. The zero-order valence-electron chi connectivity index (χ0n) is 9.08. The van der Waals surface area contributed by atoms with Gasteiger partial charge in [0.25, 0.3) is 0 Å². The molecule has 2 N–H and O–H groups in total. The van der Waals surface area contributed by atoms with Crippen LogP contribution in [0.2, 0.25) is 0 Å². The van der Waals surface area contributed by atoms with Crippen LogP contribution < -0.4 is 5.73 Å². The van der Waals surface area contributed by atoms with Gasteiger partial charge in [-0.05, 0) is 31.1 Å². The topological polar surface area (TPSA) is 35.2 Å². The molecule has 2 heteroatoms. The van der Waals surface area contributed by atoms with E-state index < -0.39 is 0 Å². The van der Waals surface area contributed by atoms with Gasteiger partial charge in [-0.25, -0.2) is 0 Å². The highest BCUT2D eigenvalue weighted by atomic mass is 16.5. The second-order valence-electron chi connectivity index (χ2n) is 4.95. The Labute approximate surface area is 87.2 Å². The Morgan fingerprint density at radius 2 is 1.64 bits per heavy atom. The van der Waals surface area contributed by atoms with Crippen LogP contribution in [0.15, 0.2) is 0 Å². The molecule has 0 radical (unpaired) electrons. The molecule has 0 spiro atoms. The Bertz CT molecular complexity index is 158. The molecule has 2 unspecified atom stereocenters. The van der Waals surface area contributed by atoms with Crippen LogP contribution in [0.5, 0.6) is 0 Å². The molecule has 2 atom stereocenters. The van der Waals surface area contributed by atoms with Crippen LogP contribution in [0.25, 0.3) is 0 Å². The monoisotopic (exact) mass is 197 g/mol. The summed E-state index contributed by atoms with van der Waals surface area (Å²) in [4.78, 5) is 0. The van der Waals surface area contributed by atoms with Gasteiger partial charge in [-0.15, -0.1) is 0 Å². The fourth-order valence-electron chi connectivity index (χ4n) is 2.94. The molecule has 2 nitrogen and oxygen atoms in total. The van der Waals surface area contributed by atoms with E-state index in [2.05, 4.69) is 0 Å². The van der Waals surface area contributed by atoms with E-state index in [0.717, 1.165) is 19.1 Å². The van der Waals surface area contributed by atoms with Crippen molar-refractivity contribution < 1.29 is 4.74 Å². The molecule has 2 fully saturated rings. The summed E-state index contributed by atoms with van der Waals surface area (Å²) in [5, 5.41) is 0. The van der Waals surface area contributed by atoms with Gasteiger partial charge in [0.1, 0.15) is 0 Å². The van der Waals surface area contributed by atoms with Crippen LogP contribution in [0, 0.1) is 11.8 Å². The highest BCUT2D eigenvalue weighted by Crippen LogP contribution is 2.30. The second-order valence-corrected chi connectivity index (χ2v) is 4.95. The average molecular weight is 197 g/mol. The van der Waals surface area contributed by atoms with Gasteiger partial charge in [-0.1, -0.05) is 25.7 Å². The molecule has 1 saturated heterocycles. The summed E-state index contributed by atoms with van der Waals surface area (Å²) in [5.41, 5.74) is 6.34. The van der Waals surface area contributed by atoms with E-state index in [4.69, 9.17) is 10.5 Å². The van der Waals surface area contributed by atoms with Gasteiger partial charge >= 0.3 is 0 Å². The van der Waals surface area contributed by atoms with Crippen molar-refractivity contribution in [2.45, 2.75) is 51.0 Å². The molecule has 2 aliphatic rings. The molecule has 0 amide bonds. The fourth-order valence-corrected chi connectivity index (χ4v) is 2.94. The Morgan fingerprint density at radius 3 is 2.21 bits per heavy atom. The van der Waals surface area contributed by atoms with Crippen LogP contribution in [0.4, 0.5) is 0 Å². The maximum Gasteiger partial charge on any atom is 0.0510 e. The van der Waals surface area contributed by atoms with Gasteiger partial charge < -0.3 is 10.5 Å².